The highest BCUT2D eigenvalue weighted by Crippen LogP contribution is 2.43. The van der Waals surface area contributed by atoms with Crippen LogP contribution in [-0.2, 0) is 25.6 Å². The molecule has 16 heteroatoms. The van der Waals surface area contributed by atoms with Crippen LogP contribution in [0.1, 0.15) is 79.3 Å². The Hall–Kier alpha value is -5.44. The molecule has 0 radical (unpaired) electrons. The van der Waals surface area contributed by atoms with E-state index in [0.29, 0.717) is 58.6 Å². The summed E-state index contributed by atoms with van der Waals surface area (Å²) in [6, 6.07) is 13.5. The minimum Gasteiger partial charge on any atom is -0.494 e. The predicted octanol–water partition coefficient (Wildman–Crippen LogP) is 6.44. The fourth-order valence-electron chi connectivity index (χ4n) is 6.84. The number of aromatic nitrogens is 1. The van der Waals surface area contributed by atoms with Crippen LogP contribution >= 0.6 is 11.6 Å². The van der Waals surface area contributed by atoms with Crippen molar-refractivity contribution in [1.29, 1.82) is 0 Å². The first kappa shape index (κ1) is 40.7. The van der Waals surface area contributed by atoms with Crippen LogP contribution in [0.25, 0.3) is 5.57 Å². The lowest BCUT2D eigenvalue weighted by molar-refractivity contribution is -0.363. The van der Waals surface area contributed by atoms with Gasteiger partial charge in [-0.05, 0) is 99.3 Å². The molecular weight excluding hydrogens is 735 g/mol. The second-order valence-corrected chi connectivity index (χ2v) is 14.0. The van der Waals surface area contributed by atoms with Crippen LogP contribution in [0.15, 0.2) is 71.9 Å². The monoisotopic (exact) mass is 779 g/mol. The Morgan fingerprint density at radius 1 is 0.964 bits per heavy atom. The summed E-state index contributed by atoms with van der Waals surface area (Å²) in [5, 5.41) is 5.45. The summed E-state index contributed by atoms with van der Waals surface area (Å²) in [6.45, 7) is 4.86. The molecule has 0 saturated carbocycles. The maximum atomic E-state index is 15.9. The van der Waals surface area contributed by atoms with E-state index < -0.39 is 43.4 Å². The quantitative estimate of drug-likeness (QED) is 0.0917. The number of hydrogen-bond donors (Lipinski definition) is 3. The third kappa shape index (κ3) is 9.63. The number of unbranched alkanes of at least 4 members (excludes halogenated alkanes) is 1. The molecule has 2 aliphatic rings. The van der Waals surface area contributed by atoms with Gasteiger partial charge in [0.2, 0.25) is 5.91 Å². The van der Waals surface area contributed by atoms with E-state index in [4.69, 9.17) is 25.9 Å². The zero-order valence-corrected chi connectivity index (χ0v) is 32.2. The van der Waals surface area contributed by atoms with Crippen molar-refractivity contribution in [2.24, 2.45) is 0 Å². The normalized spacial score (nSPS) is 14.7. The summed E-state index contributed by atoms with van der Waals surface area (Å²) >= 11 is 5.84. The second kappa shape index (κ2) is 17.8. The maximum absolute atomic E-state index is 15.9. The first-order chi connectivity index (χ1) is 26.2. The molecule has 3 aromatic rings. The Morgan fingerprint density at radius 2 is 1.67 bits per heavy atom. The van der Waals surface area contributed by atoms with Crippen LogP contribution < -0.4 is 20.9 Å². The zero-order valence-electron chi connectivity index (χ0n) is 31.5. The van der Waals surface area contributed by atoms with Crippen molar-refractivity contribution < 1.29 is 46.6 Å². The standard InChI is InChI=1S/C39H45BClF2N5O7/c1-6-7-18-53-31-16-10-28(11-17-31)22-33(37(50)44-23-34(49)46-55-38(51)29-12-14-30(41)15-13-29)45-39(52)54-19-8-9-32-35-24(2)20-26(4)47(35)40(42,43)48-27(5)21-25(3)36(32)48/h10-17,20-21,33H,6-9,18-19,22-23H2,1-5H3,(H,44,50)(H,45,52)(H,46,49)/t33-/m0/s1. The zero-order chi connectivity index (χ0) is 39.9. The molecule has 5 rings (SSSR count). The van der Waals surface area contributed by atoms with Gasteiger partial charge in [0.1, 0.15) is 17.5 Å². The third-order valence-corrected chi connectivity index (χ3v) is 9.59. The smallest absolute Gasteiger partial charge is 0.494 e. The molecule has 3 amide bonds. The van der Waals surface area contributed by atoms with Crippen LogP contribution in [0.4, 0.5) is 13.4 Å². The second-order valence-electron chi connectivity index (χ2n) is 13.6. The van der Waals surface area contributed by atoms with Crippen LogP contribution in [0, 0.1) is 13.8 Å². The molecule has 0 fully saturated rings. The summed E-state index contributed by atoms with van der Waals surface area (Å²) in [5.41, 5.74) is 6.91. The summed E-state index contributed by atoms with van der Waals surface area (Å²) < 4.78 is 45.2. The predicted molar refractivity (Wildman–Crippen MR) is 205 cm³/mol. The van der Waals surface area contributed by atoms with Crippen molar-refractivity contribution in [3.8, 4) is 5.75 Å². The molecule has 2 aromatic carbocycles. The lowest BCUT2D eigenvalue weighted by Crippen LogP contribution is -2.51. The molecule has 12 nitrogen and oxygen atoms in total. The van der Waals surface area contributed by atoms with Crippen LogP contribution in [0.2, 0.25) is 5.02 Å². The molecule has 1 aromatic heterocycles. The number of nitrogens with zero attached hydrogens (tertiary/aromatic N) is 2. The molecule has 0 spiro atoms. The van der Waals surface area contributed by atoms with Crippen molar-refractivity contribution >= 4 is 53.7 Å². The number of aryl methyl sites for hydroxylation is 2. The average molecular weight is 780 g/mol. The molecule has 55 heavy (non-hydrogen) atoms. The van der Waals surface area contributed by atoms with Crippen LogP contribution in [0.3, 0.4) is 0 Å². The number of carbonyl (C=O) groups excluding carboxylic acids is 4. The minimum atomic E-state index is -4.09. The number of nitrogens with one attached hydrogen (secondary N) is 3. The van der Waals surface area contributed by atoms with Gasteiger partial charge in [-0.3, -0.25) is 9.59 Å². The number of halogens is 3. The van der Waals surface area contributed by atoms with E-state index in [1.165, 1.54) is 24.3 Å². The molecule has 2 aliphatic heterocycles. The Bertz CT molecular complexity index is 2050. The van der Waals surface area contributed by atoms with E-state index in [1.807, 2.05) is 19.3 Å². The van der Waals surface area contributed by atoms with Gasteiger partial charge in [-0.1, -0.05) is 37.1 Å². The van der Waals surface area contributed by atoms with Gasteiger partial charge in [-0.2, -0.15) is 5.48 Å². The topological polar surface area (TPSA) is 140 Å². The van der Waals surface area contributed by atoms with Gasteiger partial charge >= 0.3 is 19.0 Å². The minimum absolute atomic E-state index is 0.0441. The van der Waals surface area contributed by atoms with Gasteiger partial charge in [-0.25, -0.2) is 9.59 Å². The van der Waals surface area contributed by atoms with E-state index in [9.17, 15) is 19.2 Å². The van der Waals surface area contributed by atoms with Crippen molar-refractivity contribution in [3.63, 3.8) is 0 Å². The highest BCUT2D eigenvalue weighted by atomic mass is 35.5. The van der Waals surface area contributed by atoms with E-state index in [2.05, 4.69) is 17.6 Å². The number of carbonyl (C=O) groups is 4. The molecule has 3 N–H and O–H groups in total. The molecule has 0 aliphatic carbocycles. The highest BCUT2D eigenvalue weighted by Gasteiger charge is 2.54. The lowest BCUT2D eigenvalue weighted by atomic mass is 9.85. The number of allylic oxidation sites excluding steroid dienone is 3. The largest absolute Gasteiger partial charge is 0.737 e. The Balaban J connectivity index is 1.21. The third-order valence-electron chi connectivity index (χ3n) is 9.34. The molecule has 3 heterocycles. The molecule has 0 saturated heterocycles. The summed E-state index contributed by atoms with van der Waals surface area (Å²) in [4.78, 5) is 55.9. The number of rotatable bonds is 15. The van der Waals surface area contributed by atoms with Gasteiger partial charge < -0.3 is 42.5 Å². The Morgan fingerprint density at radius 3 is 2.36 bits per heavy atom. The fraction of sp³-hybridized carbons (Fsp3) is 0.359. The van der Waals surface area contributed by atoms with Crippen LogP contribution in [-0.4, -0.2) is 71.3 Å². The molecule has 0 bridgehead atoms. The van der Waals surface area contributed by atoms with Crippen molar-refractivity contribution in [3.05, 3.63) is 105 Å². The fourth-order valence-corrected chi connectivity index (χ4v) is 6.97. The van der Waals surface area contributed by atoms with Gasteiger partial charge in [0.05, 0.1) is 25.3 Å². The van der Waals surface area contributed by atoms with Gasteiger partial charge in [-0.15, -0.1) is 0 Å². The SMILES string of the molecule is CCCCOc1ccc(C[C@H](NC(=O)OCCCC2=C3C(C)=CC(C)=[N+]3[B-](F)(F)n3c(C)cc(C)c32)C(=O)NCC(=O)NOC(=O)c2ccc(Cl)cc2)cc1. The van der Waals surface area contributed by atoms with Gasteiger partial charge in [0.25, 0.3) is 5.91 Å². The number of benzene rings is 2. The molecular formula is C39H45BClF2N5O7. The van der Waals surface area contributed by atoms with Crippen molar-refractivity contribution in [2.45, 2.75) is 72.8 Å². The molecule has 1 atom stereocenters. The number of hydrogen-bond acceptors (Lipinski definition) is 7. The molecule has 292 valence electrons. The number of hydroxylamine groups is 1. The molecule has 0 unspecified atom stereocenters. The summed E-state index contributed by atoms with van der Waals surface area (Å²) in [6.07, 6.45) is 3.47. The van der Waals surface area contributed by atoms with Gasteiger partial charge in [0.15, 0.2) is 5.70 Å². The Kier molecular flexibility index (Phi) is 13.2. The first-order valence-electron chi connectivity index (χ1n) is 18.2. The highest BCUT2D eigenvalue weighted by molar-refractivity contribution is 6.58. The number of amides is 3. The van der Waals surface area contributed by atoms with Crippen molar-refractivity contribution in [2.75, 3.05) is 19.8 Å². The Labute approximate surface area is 323 Å². The lowest BCUT2D eigenvalue weighted by Gasteiger charge is -2.34. The van der Waals surface area contributed by atoms with E-state index in [0.717, 1.165) is 38.5 Å². The van der Waals surface area contributed by atoms with E-state index >= 15 is 8.63 Å². The van der Waals surface area contributed by atoms with Crippen molar-refractivity contribution in [1.82, 2.24) is 20.6 Å². The number of fused-ring (bicyclic) bond motifs is 2. The first-order valence-corrected chi connectivity index (χ1v) is 18.5. The van der Waals surface area contributed by atoms with Gasteiger partial charge in [0, 0.05) is 41.3 Å². The van der Waals surface area contributed by atoms with Crippen LogP contribution in [0.5, 0.6) is 5.75 Å². The van der Waals surface area contributed by atoms with E-state index in [-0.39, 0.29) is 18.6 Å². The number of ether oxygens (including phenoxy) is 2. The summed E-state index contributed by atoms with van der Waals surface area (Å²) in [5.74, 6) is -1.69. The average Bonchev–Trinajstić information content (AvgIpc) is 3.63. The maximum Gasteiger partial charge on any atom is 0.737 e. The number of alkyl carbamates (subject to hydrolysis) is 1. The van der Waals surface area contributed by atoms with E-state index in [1.54, 1.807) is 50.3 Å². The summed E-state index contributed by atoms with van der Waals surface area (Å²) in [7, 11) is 0.